The van der Waals surface area contributed by atoms with Gasteiger partial charge in [0, 0.05) is 25.8 Å². The van der Waals surface area contributed by atoms with Crippen LogP contribution in [0.3, 0.4) is 0 Å². The van der Waals surface area contributed by atoms with Gasteiger partial charge in [0.25, 0.3) is 5.91 Å². The highest BCUT2D eigenvalue weighted by Crippen LogP contribution is 2.37. The molecule has 0 bridgehead atoms. The normalized spacial score (nSPS) is 21.3. The average molecular weight is 428 g/mol. The first kappa shape index (κ1) is 22.2. The number of halogens is 1. The number of alkyl halides is 1. The van der Waals surface area contributed by atoms with E-state index in [9.17, 15) is 14.9 Å². The molecule has 3 rings (SSSR count). The van der Waals surface area contributed by atoms with Crippen LogP contribution in [0.4, 0.5) is 15.0 Å². The molecule has 1 aromatic heterocycles. The maximum Gasteiger partial charge on any atom is 0.412 e. The summed E-state index contributed by atoms with van der Waals surface area (Å²) in [4.78, 5) is 25.4. The van der Waals surface area contributed by atoms with Gasteiger partial charge in [0.15, 0.2) is 5.82 Å². The lowest BCUT2D eigenvalue weighted by molar-refractivity contribution is 0.00694. The number of methoxy groups -OCH3 is 1. The Morgan fingerprint density at radius 1 is 1.42 bits per heavy atom. The van der Waals surface area contributed by atoms with E-state index >= 15 is 4.39 Å². The fourth-order valence-electron chi connectivity index (χ4n) is 3.79. The Morgan fingerprint density at radius 2 is 2.13 bits per heavy atom. The fraction of sp³-hybridized carbons (Fsp3) is 0.429. The first-order valence-corrected chi connectivity index (χ1v) is 9.83. The number of primary amides is 1. The number of hydrogen-bond donors (Lipinski definition) is 2. The molecule has 2 unspecified atom stereocenters. The van der Waals surface area contributed by atoms with Gasteiger partial charge in [-0.2, -0.15) is 10.4 Å². The molecule has 164 valence electrons. The van der Waals surface area contributed by atoms with Crippen molar-refractivity contribution in [3.8, 4) is 6.07 Å². The minimum atomic E-state index is -1.43. The zero-order valence-electron chi connectivity index (χ0n) is 17.5. The van der Waals surface area contributed by atoms with Crippen LogP contribution in [-0.2, 0) is 16.8 Å². The van der Waals surface area contributed by atoms with Crippen LogP contribution in [0.15, 0.2) is 30.5 Å². The molecule has 2 aromatic rings. The zero-order chi connectivity index (χ0) is 22.6. The molecule has 9 nitrogen and oxygen atoms in total. The molecule has 0 saturated carbocycles. The summed E-state index contributed by atoms with van der Waals surface area (Å²) in [5.74, 6) is -0.970. The SMILES string of the molecule is COC(=O)Nc1nn(C2(CC#N)CCN(Cc3ccc(C)cc3)CC2F)cc1C(N)=O. The molecule has 2 amide bonds. The number of piperidine rings is 1. The largest absolute Gasteiger partial charge is 0.453 e. The van der Waals surface area contributed by atoms with Crippen molar-refractivity contribution < 1.29 is 18.7 Å². The van der Waals surface area contributed by atoms with Crippen LogP contribution in [0.2, 0.25) is 0 Å². The number of aryl methyl sites for hydroxylation is 1. The Bertz CT molecular complexity index is 1000. The molecule has 1 aliphatic rings. The van der Waals surface area contributed by atoms with Gasteiger partial charge in [-0.3, -0.25) is 19.7 Å². The number of nitrogens with one attached hydrogen (secondary N) is 1. The number of anilines is 1. The van der Waals surface area contributed by atoms with Crippen molar-refractivity contribution in [3.63, 3.8) is 0 Å². The fourth-order valence-corrected chi connectivity index (χ4v) is 3.79. The number of carbonyl (C=O) groups is 2. The summed E-state index contributed by atoms with van der Waals surface area (Å²) in [6.45, 7) is 3.22. The molecule has 1 aliphatic heterocycles. The number of benzene rings is 1. The number of nitriles is 1. The summed E-state index contributed by atoms with van der Waals surface area (Å²) in [5, 5.41) is 15.9. The lowest BCUT2D eigenvalue weighted by atomic mass is 9.83. The van der Waals surface area contributed by atoms with Crippen molar-refractivity contribution >= 4 is 17.8 Å². The number of rotatable bonds is 6. The number of nitrogens with two attached hydrogens (primary N) is 1. The minimum Gasteiger partial charge on any atom is -0.453 e. The molecule has 2 heterocycles. The number of likely N-dealkylation sites (tertiary alicyclic amines) is 1. The van der Waals surface area contributed by atoms with Gasteiger partial charge in [-0.1, -0.05) is 29.8 Å². The van der Waals surface area contributed by atoms with Crippen LogP contribution in [0, 0.1) is 18.3 Å². The highest BCUT2D eigenvalue weighted by Gasteiger charge is 2.46. The van der Waals surface area contributed by atoms with Gasteiger partial charge < -0.3 is 10.5 Å². The maximum absolute atomic E-state index is 15.6. The molecule has 1 saturated heterocycles. The highest BCUT2D eigenvalue weighted by molar-refractivity contribution is 6.00. The van der Waals surface area contributed by atoms with Crippen LogP contribution >= 0.6 is 0 Å². The van der Waals surface area contributed by atoms with E-state index in [0.29, 0.717) is 19.5 Å². The first-order valence-electron chi connectivity index (χ1n) is 9.83. The molecule has 0 radical (unpaired) electrons. The van der Waals surface area contributed by atoms with Gasteiger partial charge in [-0.15, -0.1) is 0 Å². The zero-order valence-corrected chi connectivity index (χ0v) is 17.5. The van der Waals surface area contributed by atoms with Crippen molar-refractivity contribution in [2.24, 2.45) is 5.73 Å². The number of carbonyl (C=O) groups excluding carboxylic acids is 2. The van der Waals surface area contributed by atoms with Crippen LogP contribution in [-0.4, -0.2) is 53.1 Å². The standard InChI is InChI=1S/C21H25FN6O3/c1-14-3-5-15(6-4-14)11-27-10-8-21(7-9-23,17(22)13-27)28-12-16(18(24)29)19(26-28)25-20(30)31-2/h3-6,12,17H,7-8,10-11,13H2,1-2H3,(H2,24,29)(H,25,26,30). The van der Waals surface area contributed by atoms with Gasteiger partial charge in [0.05, 0.1) is 19.6 Å². The molecule has 0 aliphatic carbocycles. The summed E-state index contributed by atoms with van der Waals surface area (Å²) < 4.78 is 21.4. The molecule has 31 heavy (non-hydrogen) atoms. The highest BCUT2D eigenvalue weighted by atomic mass is 19.1. The molecular formula is C21H25FN6O3. The van der Waals surface area contributed by atoms with Crippen LogP contribution in [0.25, 0.3) is 0 Å². The summed E-state index contributed by atoms with van der Waals surface area (Å²) in [5.41, 5.74) is 6.25. The molecular weight excluding hydrogens is 403 g/mol. The van der Waals surface area contributed by atoms with Gasteiger partial charge >= 0.3 is 6.09 Å². The smallest absolute Gasteiger partial charge is 0.412 e. The molecule has 10 heteroatoms. The van der Waals surface area contributed by atoms with E-state index in [1.807, 2.05) is 42.2 Å². The van der Waals surface area contributed by atoms with Crippen molar-refractivity contribution in [2.45, 2.75) is 38.0 Å². The Hall–Kier alpha value is -3.45. The van der Waals surface area contributed by atoms with Crippen molar-refractivity contribution in [2.75, 3.05) is 25.5 Å². The van der Waals surface area contributed by atoms with Gasteiger partial charge in [0.1, 0.15) is 17.3 Å². The van der Waals surface area contributed by atoms with E-state index in [-0.39, 0.29) is 24.3 Å². The predicted octanol–water partition coefficient (Wildman–Crippen LogP) is 2.32. The molecule has 3 N–H and O–H groups in total. The van der Waals surface area contributed by atoms with Crippen LogP contribution < -0.4 is 11.1 Å². The Morgan fingerprint density at radius 3 is 2.71 bits per heavy atom. The third kappa shape index (κ3) is 4.67. The number of ether oxygens (including phenoxy) is 1. The van der Waals surface area contributed by atoms with Gasteiger partial charge in [-0.25, -0.2) is 9.18 Å². The lowest BCUT2D eigenvalue weighted by Crippen LogP contribution is -2.54. The second-order valence-corrected chi connectivity index (χ2v) is 7.69. The van der Waals surface area contributed by atoms with Gasteiger partial charge in [0.2, 0.25) is 0 Å². The van der Waals surface area contributed by atoms with E-state index in [1.54, 1.807) is 0 Å². The van der Waals surface area contributed by atoms with E-state index in [4.69, 9.17) is 5.73 Å². The van der Waals surface area contributed by atoms with E-state index < -0.39 is 23.7 Å². The third-order valence-corrected chi connectivity index (χ3v) is 5.62. The predicted molar refractivity (Wildman–Crippen MR) is 111 cm³/mol. The number of aromatic nitrogens is 2. The number of nitrogens with zero attached hydrogens (tertiary/aromatic N) is 4. The molecule has 1 fully saturated rings. The summed E-state index contributed by atoms with van der Waals surface area (Å²) in [6.07, 6.45) is -0.840. The second-order valence-electron chi connectivity index (χ2n) is 7.69. The molecule has 2 atom stereocenters. The molecule has 0 spiro atoms. The third-order valence-electron chi connectivity index (χ3n) is 5.62. The monoisotopic (exact) mass is 428 g/mol. The van der Waals surface area contributed by atoms with E-state index in [1.165, 1.54) is 10.9 Å². The summed E-state index contributed by atoms with van der Waals surface area (Å²) >= 11 is 0. The summed E-state index contributed by atoms with van der Waals surface area (Å²) in [6, 6.07) is 10.1. The van der Waals surface area contributed by atoms with E-state index in [0.717, 1.165) is 18.2 Å². The van der Waals surface area contributed by atoms with Gasteiger partial charge in [-0.05, 0) is 18.9 Å². The lowest BCUT2D eigenvalue weighted by Gasteiger charge is -2.43. The van der Waals surface area contributed by atoms with Crippen LogP contribution in [0.1, 0.15) is 34.3 Å². The Balaban J connectivity index is 1.86. The van der Waals surface area contributed by atoms with E-state index in [2.05, 4.69) is 15.2 Å². The number of amides is 2. The Kier molecular flexibility index (Phi) is 6.56. The minimum absolute atomic E-state index is 0.0861. The number of hydrogen-bond acceptors (Lipinski definition) is 6. The summed E-state index contributed by atoms with van der Waals surface area (Å²) in [7, 11) is 1.16. The average Bonchev–Trinajstić information content (AvgIpc) is 3.16. The maximum atomic E-state index is 15.6. The topological polar surface area (TPSA) is 126 Å². The quantitative estimate of drug-likeness (QED) is 0.727. The van der Waals surface area contributed by atoms with Crippen LogP contribution in [0.5, 0.6) is 0 Å². The second kappa shape index (κ2) is 9.14. The van der Waals surface area contributed by atoms with Crippen molar-refractivity contribution in [1.29, 1.82) is 5.26 Å². The molecule has 1 aromatic carbocycles. The first-order chi connectivity index (χ1) is 14.8. The van der Waals surface area contributed by atoms with Crippen molar-refractivity contribution in [3.05, 3.63) is 47.2 Å². The Labute approximate surface area is 179 Å². The van der Waals surface area contributed by atoms with Crippen molar-refractivity contribution in [1.82, 2.24) is 14.7 Å².